The summed E-state index contributed by atoms with van der Waals surface area (Å²) < 4.78 is 5.40. The molecule has 3 nitrogen and oxygen atoms in total. The van der Waals surface area contributed by atoms with Crippen LogP contribution in [0.2, 0.25) is 0 Å². The van der Waals surface area contributed by atoms with Crippen LogP contribution in [0.3, 0.4) is 0 Å². The number of nitrogens with zero attached hydrogens (tertiary/aromatic N) is 1. The van der Waals surface area contributed by atoms with Crippen LogP contribution in [0.4, 0.5) is 4.79 Å². The summed E-state index contributed by atoms with van der Waals surface area (Å²) in [5, 5.41) is 0. The second-order valence-electron chi connectivity index (χ2n) is 6.48. The predicted molar refractivity (Wildman–Crippen MR) is 65.3 cm³/mol. The topological polar surface area (TPSA) is 29.5 Å². The zero-order valence-corrected chi connectivity index (χ0v) is 10.8. The summed E-state index contributed by atoms with van der Waals surface area (Å²) in [6.07, 6.45) is 2.43. The lowest BCUT2D eigenvalue weighted by Gasteiger charge is -2.25. The van der Waals surface area contributed by atoms with Gasteiger partial charge in [-0.3, -0.25) is 0 Å². The molecule has 0 aromatic heterocycles. The molecule has 0 aromatic rings. The molecule has 16 heavy (non-hydrogen) atoms. The average Bonchev–Trinajstić information content (AvgIpc) is 2.56. The molecular formula is C13H25NO2. The summed E-state index contributed by atoms with van der Waals surface area (Å²) in [4.78, 5) is 13.8. The van der Waals surface area contributed by atoms with E-state index < -0.39 is 0 Å². The van der Waals surface area contributed by atoms with Crippen molar-refractivity contribution in [2.24, 2.45) is 17.8 Å². The monoisotopic (exact) mass is 227 g/mol. The second-order valence-corrected chi connectivity index (χ2v) is 6.48. The van der Waals surface area contributed by atoms with Gasteiger partial charge in [0.05, 0.1) is 0 Å². The number of carbonyl (C=O) groups is 1. The minimum absolute atomic E-state index is 0. The van der Waals surface area contributed by atoms with Gasteiger partial charge in [0, 0.05) is 14.5 Å². The fourth-order valence-electron chi connectivity index (χ4n) is 3.08. The average molecular weight is 227 g/mol. The van der Waals surface area contributed by atoms with Gasteiger partial charge in [-0.1, -0.05) is 6.92 Å². The van der Waals surface area contributed by atoms with Crippen molar-refractivity contribution in [2.45, 2.75) is 46.1 Å². The highest BCUT2D eigenvalue weighted by Crippen LogP contribution is 2.41. The Balaban J connectivity index is 0.00000144. The minimum Gasteiger partial charge on any atom is -0.444 e. The molecule has 0 bridgehead atoms. The number of likely N-dealkylation sites (tertiary alicyclic amines) is 1. The van der Waals surface area contributed by atoms with Gasteiger partial charge in [-0.05, 0) is 51.4 Å². The Labute approximate surface area is 99.6 Å². The summed E-state index contributed by atoms with van der Waals surface area (Å²) in [7, 11) is 0. The molecule has 2 aliphatic rings. The summed E-state index contributed by atoms with van der Waals surface area (Å²) in [5.74, 6) is 2.29. The summed E-state index contributed by atoms with van der Waals surface area (Å²) in [6.45, 7) is 9.89. The molecule has 1 saturated carbocycles. The van der Waals surface area contributed by atoms with Crippen LogP contribution in [0.5, 0.6) is 0 Å². The summed E-state index contributed by atoms with van der Waals surface area (Å²) >= 11 is 0. The number of fused-ring (bicyclic) bond motifs is 1. The molecule has 0 radical (unpaired) electrons. The number of carbonyl (C=O) groups excluding carboxylic acids is 1. The predicted octanol–water partition coefficient (Wildman–Crippen LogP) is 3.15. The molecular weight excluding hydrogens is 202 g/mol. The van der Waals surface area contributed by atoms with Gasteiger partial charge in [0.1, 0.15) is 5.60 Å². The van der Waals surface area contributed by atoms with E-state index in [1.807, 2.05) is 25.7 Å². The molecule has 3 heteroatoms. The van der Waals surface area contributed by atoms with Crippen LogP contribution in [0.15, 0.2) is 0 Å². The number of ether oxygens (including phenoxy) is 1. The third kappa shape index (κ3) is 2.50. The van der Waals surface area contributed by atoms with Gasteiger partial charge in [0.15, 0.2) is 0 Å². The van der Waals surface area contributed by atoms with Crippen LogP contribution in [-0.4, -0.2) is 29.7 Å². The highest BCUT2D eigenvalue weighted by Gasteiger charge is 2.41. The number of hydrogen-bond donors (Lipinski definition) is 0. The Morgan fingerprint density at radius 2 is 1.75 bits per heavy atom. The first-order chi connectivity index (χ1) is 7.35. The molecule has 2 rings (SSSR count). The molecule has 1 heterocycles. The number of hydrogen-bond acceptors (Lipinski definition) is 2. The van der Waals surface area contributed by atoms with Crippen molar-refractivity contribution in [3.05, 3.63) is 0 Å². The molecule has 0 N–H and O–H groups in total. The largest absolute Gasteiger partial charge is 0.444 e. The minimum atomic E-state index is -0.373. The molecule has 1 aliphatic heterocycles. The first-order valence-electron chi connectivity index (χ1n) is 6.33. The molecule has 1 amide bonds. The Morgan fingerprint density at radius 1 is 1.25 bits per heavy atom. The van der Waals surface area contributed by atoms with Crippen LogP contribution in [0.25, 0.3) is 0 Å². The Morgan fingerprint density at radius 3 is 2.19 bits per heavy atom. The standard InChI is InChI=1S/C13H23NO2.H2/c1-9-5-10-7-14(8-11(10)6-9)12(15)16-13(2,3)4;/h9-11H,5-8H2,1-4H3;1H/t9?,10-,11?;/m0./s1. The Kier molecular flexibility index (Phi) is 2.89. The van der Waals surface area contributed by atoms with Crippen molar-refractivity contribution in [2.75, 3.05) is 13.1 Å². The quantitative estimate of drug-likeness (QED) is 0.636. The van der Waals surface area contributed by atoms with Crippen molar-refractivity contribution in [3.8, 4) is 0 Å². The zero-order valence-electron chi connectivity index (χ0n) is 10.8. The zero-order chi connectivity index (χ0) is 11.9. The van der Waals surface area contributed by atoms with Crippen molar-refractivity contribution < 1.29 is 11.0 Å². The molecule has 94 valence electrons. The normalized spacial score (nSPS) is 34.0. The van der Waals surface area contributed by atoms with Gasteiger partial charge in [0.2, 0.25) is 0 Å². The van der Waals surface area contributed by atoms with E-state index >= 15 is 0 Å². The van der Waals surface area contributed by atoms with Crippen LogP contribution in [-0.2, 0) is 4.74 Å². The van der Waals surface area contributed by atoms with Crippen molar-refractivity contribution in [1.29, 1.82) is 0 Å². The third-order valence-electron chi connectivity index (χ3n) is 3.64. The van der Waals surface area contributed by atoms with Crippen molar-refractivity contribution in [3.63, 3.8) is 0 Å². The van der Waals surface area contributed by atoms with Gasteiger partial charge in [0.25, 0.3) is 0 Å². The van der Waals surface area contributed by atoms with E-state index in [9.17, 15) is 4.79 Å². The maximum absolute atomic E-state index is 11.9. The molecule has 2 unspecified atom stereocenters. The van der Waals surface area contributed by atoms with Gasteiger partial charge in [-0.2, -0.15) is 0 Å². The number of rotatable bonds is 0. The molecule has 1 aliphatic carbocycles. The van der Waals surface area contributed by atoms with Crippen LogP contribution < -0.4 is 0 Å². The lowest BCUT2D eigenvalue weighted by atomic mass is 10.0. The maximum atomic E-state index is 11.9. The van der Waals surface area contributed by atoms with Gasteiger partial charge in [-0.25, -0.2) is 4.79 Å². The van der Waals surface area contributed by atoms with E-state index in [2.05, 4.69) is 6.92 Å². The number of amides is 1. The molecule has 2 fully saturated rings. The lowest BCUT2D eigenvalue weighted by Crippen LogP contribution is -2.36. The molecule has 0 aromatic carbocycles. The summed E-state index contributed by atoms with van der Waals surface area (Å²) in [6, 6.07) is 0. The van der Waals surface area contributed by atoms with Gasteiger partial charge >= 0.3 is 6.09 Å². The fraction of sp³-hybridized carbons (Fsp3) is 0.923. The summed E-state index contributed by atoms with van der Waals surface area (Å²) in [5.41, 5.74) is -0.373. The first kappa shape index (κ1) is 11.7. The molecule has 1 saturated heterocycles. The van der Waals surface area contributed by atoms with Crippen LogP contribution >= 0.6 is 0 Å². The maximum Gasteiger partial charge on any atom is 0.410 e. The first-order valence-corrected chi connectivity index (χ1v) is 6.33. The van der Waals surface area contributed by atoms with E-state index in [0.717, 1.165) is 30.8 Å². The molecule has 0 spiro atoms. The third-order valence-corrected chi connectivity index (χ3v) is 3.64. The SMILES string of the molecule is CC1CC2CN(C(=O)OC(C)(C)C)C[C@@H]2C1.[HH]. The lowest BCUT2D eigenvalue weighted by molar-refractivity contribution is 0.0278. The van der Waals surface area contributed by atoms with E-state index in [0.29, 0.717) is 0 Å². The Bertz CT molecular complexity index is 274. The van der Waals surface area contributed by atoms with Crippen LogP contribution in [0, 0.1) is 17.8 Å². The second kappa shape index (κ2) is 3.94. The van der Waals surface area contributed by atoms with E-state index in [-0.39, 0.29) is 13.1 Å². The molecule has 3 atom stereocenters. The fourth-order valence-corrected chi connectivity index (χ4v) is 3.08. The van der Waals surface area contributed by atoms with E-state index in [1.165, 1.54) is 12.8 Å². The van der Waals surface area contributed by atoms with Crippen molar-refractivity contribution in [1.82, 2.24) is 4.90 Å². The highest BCUT2D eigenvalue weighted by molar-refractivity contribution is 5.68. The Hall–Kier alpha value is -0.730. The highest BCUT2D eigenvalue weighted by atomic mass is 16.6. The van der Waals surface area contributed by atoms with Crippen molar-refractivity contribution >= 4 is 6.09 Å². The van der Waals surface area contributed by atoms with E-state index in [1.54, 1.807) is 0 Å². The van der Waals surface area contributed by atoms with Gasteiger partial charge < -0.3 is 9.64 Å². The van der Waals surface area contributed by atoms with Crippen LogP contribution in [0.1, 0.15) is 42.0 Å². The van der Waals surface area contributed by atoms with Gasteiger partial charge in [-0.15, -0.1) is 0 Å². The van der Waals surface area contributed by atoms with E-state index in [4.69, 9.17) is 4.74 Å². The smallest absolute Gasteiger partial charge is 0.410 e.